The van der Waals surface area contributed by atoms with Crippen molar-refractivity contribution in [3.05, 3.63) is 81.1 Å². The molecule has 6 rings (SSSR count). The molecule has 2 aromatic heterocycles. The lowest BCUT2D eigenvalue weighted by atomic mass is 10.1. The van der Waals surface area contributed by atoms with Crippen molar-refractivity contribution in [2.75, 3.05) is 43.4 Å². The van der Waals surface area contributed by atoms with E-state index in [1.54, 1.807) is 12.1 Å². The number of hydrogen-bond donors (Lipinski definition) is 5. The fourth-order valence-corrected chi connectivity index (χ4v) is 6.12. The summed E-state index contributed by atoms with van der Waals surface area (Å²) in [6, 6.07) is 14.7. The van der Waals surface area contributed by atoms with Gasteiger partial charge in [0.25, 0.3) is 11.9 Å². The lowest BCUT2D eigenvalue weighted by Crippen LogP contribution is -2.38. The molecule has 2 saturated heterocycles. The molecule has 0 bridgehead atoms. The van der Waals surface area contributed by atoms with E-state index in [4.69, 9.17) is 44.1 Å². The molecule has 14 nitrogen and oxygen atoms in total. The van der Waals surface area contributed by atoms with Crippen LogP contribution in [0.25, 0.3) is 0 Å². The van der Waals surface area contributed by atoms with Gasteiger partial charge in [-0.2, -0.15) is 20.0 Å². The first-order valence-corrected chi connectivity index (χ1v) is 18.9. The summed E-state index contributed by atoms with van der Waals surface area (Å²) in [5.41, 5.74) is 17.1. The average Bonchev–Trinajstić information content (AvgIpc) is 3.12. The van der Waals surface area contributed by atoms with E-state index in [-0.39, 0.29) is 43.5 Å². The second-order valence-electron chi connectivity index (χ2n) is 13.3. The lowest BCUT2D eigenvalue weighted by molar-refractivity contribution is 0.0997. The number of aryl methyl sites for hydroxylation is 4. The number of nitrogens with zero attached hydrogens (tertiary/aromatic N) is 7. The topological polar surface area (TPSA) is 186 Å². The molecule has 1 unspecified atom stereocenters. The van der Waals surface area contributed by atoms with Gasteiger partial charge >= 0.3 is 0 Å². The van der Waals surface area contributed by atoms with E-state index in [1.165, 1.54) is 0 Å². The van der Waals surface area contributed by atoms with Gasteiger partial charge in [-0.3, -0.25) is 0 Å². The molecule has 0 amide bonds. The Bertz CT molecular complexity index is 1930. The van der Waals surface area contributed by atoms with Gasteiger partial charge in [0.15, 0.2) is 0 Å². The van der Waals surface area contributed by atoms with Gasteiger partial charge < -0.3 is 41.8 Å². The highest BCUT2D eigenvalue weighted by Crippen LogP contribution is 2.23. The molecule has 0 saturated carbocycles. The van der Waals surface area contributed by atoms with Crippen molar-refractivity contribution in [3.8, 4) is 11.8 Å². The molecule has 2 aliphatic rings. The van der Waals surface area contributed by atoms with Crippen molar-refractivity contribution < 1.29 is 9.47 Å². The number of nitrogens with two attached hydrogens (primary N) is 2. The number of guanidine groups is 2. The highest BCUT2D eigenvalue weighted by molar-refractivity contribution is 6.31. The van der Waals surface area contributed by atoms with Gasteiger partial charge in [0.2, 0.25) is 23.7 Å². The van der Waals surface area contributed by atoms with Crippen LogP contribution in [-0.4, -0.2) is 81.7 Å². The van der Waals surface area contributed by atoms with E-state index in [1.807, 2.05) is 64.1 Å². The number of benzene rings is 2. The van der Waals surface area contributed by atoms with E-state index >= 15 is 0 Å². The molecule has 0 spiro atoms. The number of hydrogen-bond acceptors (Lipinski definition) is 10. The van der Waals surface area contributed by atoms with Crippen LogP contribution in [0.15, 0.2) is 58.5 Å². The molecule has 2 aliphatic heterocycles. The number of aliphatic imine (C=N–C) groups is 2. The van der Waals surface area contributed by atoms with E-state index < -0.39 is 0 Å². The summed E-state index contributed by atoms with van der Waals surface area (Å²) in [5.74, 6) is 1.99. The monoisotopic (exact) mass is 792 g/mol. The molecule has 296 valence electrons. The SMILES string of the molecule is C.CCN1CCC(Oc2cc(C)nc(N=C(N)Nc3ccc(Cl)c(C)c3)n2)CC1.Cc1cc(OC2CCCNC2)nc(N=C(N)Nc2ccc(Cl)c(C)c2)n1. The second kappa shape index (κ2) is 20.8. The first kappa shape index (κ1) is 43.0. The molecule has 7 N–H and O–H groups in total. The number of rotatable bonds is 9. The minimum absolute atomic E-state index is 0. The largest absolute Gasteiger partial charge is 0.474 e. The maximum Gasteiger partial charge on any atom is 0.256 e. The Balaban J connectivity index is 0.000000241. The Labute approximate surface area is 334 Å². The van der Waals surface area contributed by atoms with E-state index in [9.17, 15) is 0 Å². The molecule has 0 aliphatic carbocycles. The second-order valence-corrected chi connectivity index (χ2v) is 14.1. The number of aromatic nitrogens is 4. The Kier molecular flexibility index (Phi) is 16.2. The number of ether oxygens (including phenoxy) is 2. The third-order valence-corrected chi connectivity index (χ3v) is 9.60. The summed E-state index contributed by atoms with van der Waals surface area (Å²) in [4.78, 5) is 28.4. The van der Waals surface area contributed by atoms with Crippen molar-refractivity contribution in [1.29, 1.82) is 0 Å². The van der Waals surface area contributed by atoms with Crippen LogP contribution in [0.5, 0.6) is 11.8 Å². The van der Waals surface area contributed by atoms with Gasteiger partial charge in [-0.1, -0.05) is 37.6 Å². The summed E-state index contributed by atoms with van der Waals surface area (Å²) < 4.78 is 12.0. The van der Waals surface area contributed by atoms with E-state index in [2.05, 4.69) is 57.7 Å². The number of anilines is 2. The zero-order valence-corrected chi connectivity index (χ0v) is 33.0. The Hall–Kier alpha value is -4.76. The van der Waals surface area contributed by atoms with Crippen molar-refractivity contribution in [2.24, 2.45) is 21.5 Å². The molecular weight excluding hydrogens is 739 g/mol. The summed E-state index contributed by atoms with van der Waals surface area (Å²) >= 11 is 12.1. The summed E-state index contributed by atoms with van der Waals surface area (Å²) in [6.45, 7) is 14.8. The van der Waals surface area contributed by atoms with Gasteiger partial charge in [-0.15, -0.1) is 0 Å². The molecule has 4 heterocycles. The molecule has 55 heavy (non-hydrogen) atoms. The van der Waals surface area contributed by atoms with E-state index in [0.717, 1.165) is 92.3 Å². The zero-order chi connectivity index (χ0) is 38.6. The quantitative estimate of drug-likeness (QED) is 0.0847. The summed E-state index contributed by atoms with van der Waals surface area (Å²) in [6.07, 6.45) is 4.37. The van der Waals surface area contributed by atoms with Crippen LogP contribution in [-0.2, 0) is 0 Å². The zero-order valence-electron chi connectivity index (χ0n) is 31.5. The lowest BCUT2D eigenvalue weighted by Gasteiger charge is -2.30. The first-order chi connectivity index (χ1) is 25.9. The van der Waals surface area contributed by atoms with E-state index in [0.29, 0.717) is 21.8 Å². The minimum Gasteiger partial charge on any atom is -0.474 e. The van der Waals surface area contributed by atoms with Crippen LogP contribution < -0.4 is 36.9 Å². The highest BCUT2D eigenvalue weighted by Gasteiger charge is 2.20. The fourth-order valence-electron chi connectivity index (χ4n) is 5.89. The van der Waals surface area contributed by atoms with Gasteiger partial charge in [-0.25, -0.2) is 9.97 Å². The average molecular weight is 794 g/mol. The molecule has 2 fully saturated rings. The number of piperidine rings is 2. The third-order valence-electron chi connectivity index (χ3n) is 8.75. The van der Waals surface area contributed by atoms with Crippen molar-refractivity contribution in [1.82, 2.24) is 30.2 Å². The molecular formula is C39H54Cl2N12O2. The summed E-state index contributed by atoms with van der Waals surface area (Å²) in [7, 11) is 0. The minimum atomic E-state index is 0. The number of nitrogens with one attached hydrogen (secondary N) is 3. The third kappa shape index (κ3) is 13.8. The Morgan fingerprint density at radius 2 is 1.25 bits per heavy atom. The predicted octanol–water partition coefficient (Wildman–Crippen LogP) is 7.24. The fraction of sp³-hybridized carbons (Fsp3) is 0.436. The molecule has 16 heteroatoms. The number of halogens is 2. The van der Waals surface area contributed by atoms with Crippen LogP contribution in [0.1, 0.15) is 62.5 Å². The van der Waals surface area contributed by atoms with Crippen LogP contribution in [0, 0.1) is 27.7 Å². The first-order valence-electron chi connectivity index (χ1n) is 18.1. The smallest absolute Gasteiger partial charge is 0.256 e. The maximum absolute atomic E-state index is 6.08. The van der Waals surface area contributed by atoms with Gasteiger partial charge in [0.05, 0.1) is 0 Å². The standard InChI is InChI=1S/C20H27ClN6O.C18H23ClN6O.CH4/c1-4-27-9-7-16(8-10-27)28-18-12-14(3)23-20(25-18)26-19(22)24-15-5-6-17(21)13(2)11-15;1-11-8-13(5-6-15(11)19)23-17(20)25-18-22-12(2)9-16(24-18)26-14-4-3-7-21-10-14;/h5-6,11-12,16H,4,7-10H2,1-3H3,(H3,22,23,24,25,26);5-6,8-9,14,21H,3-4,7,10H2,1-2H3,(H3,20,22,23,24,25);1H4. The Morgan fingerprint density at radius 1 is 0.764 bits per heavy atom. The molecule has 0 radical (unpaired) electrons. The van der Waals surface area contributed by atoms with Gasteiger partial charge in [0, 0.05) is 64.6 Å². The van der Waals surface area contributed by atoms with Crippen LogP contribution in [0.4, 0.5) is 23.3 Å². The molecule has 4 aromatic rings. The molecule has 1 atom stereocenters. The van der Waals surface area contributed by atoms with Crippen LogP contribution in [0.2, 0.25) is 10.0 Å². The van der Waals surface area contributed by atoms with Crippen molar-refractivity contribution in [2.45, 2.75) is 79.9 Å². The maximum atomic E-state index is 6.08. The van der Waals surface area contributed by atoms with Gasteiger partial charge in [-0.05, 0) is 114 Å². The van der Waals surface area contributed by atoms with Crippen LogP contribution in [0.3, 0.4) is 0 Å². The van der Waals surface area contributed by atoms with Crippen molar-refractivity contribution >= 4 is 58.4 Å². The Morgan fingerprint density at radius 3 is 1.69 bits per heavy atom. The van der Waals surface area contributed by atoms with Crippen LogP contribution >= 0.6 is 23.2 Å². The molecule has 2 aromatic carbocycles. The normalized spacial score (nSPS) is 16.7. The van der Waals surface area contributed by atoms with Crippen molar-refractivity contribution in [3.63, 3.8) is 0 Å². The highest BCUT2D eigenvalue weighted by atomic mass is 35.5. The summed E-state index contributed by atoms with van der Waals surface area (Å²) in [5, 5.41) is 10.8. The predicted molar refractivity (Wildman–Crippen MR) is 225 cm³/mol. The number of likely N-dealkylation sites (tertiary alicyclic amines) is 1. The van der Waals surface area contributed by atoms with Gasteiger partial charge in [0.1, 0.15) is 12.2 Å².